The number of aliphatic imine (C=N–C) groups is 1. The van der Waals surface area contributed by atoms with Gasteiger partial charge in [0.05, 0.1) is 42.2 Å². The SMILES string of the molecule is C=Nc1c(S(=O)(=O)O)cc2cc(SOOO)c(N=Nc3cc(OC)c(C)cc3OC)c(O)c2c1N. The van der Waals surface area contributed by atoms with Crippen LogP contribution in [-0.2, 0) is 19.5 Å². The van der Waals surface area contributed by atoms with Crippen molar-refractivity contribution in [3.63, 3.8) is 0 Å². The maximum atomic E-state index is 11.8. The van der Waals surface area contributed by atoms with Crippen LogP contribution in [0.5, 0.6) is 17.2 Å². The third-order valence-corrected chi connectivity index (χ3v) is 6.35. The summed E-state index contributed by atoms with van der Waals surface area (Å²) in [5, 5.41) is 31.5. The Balaban J connectivity index is 2.32. The van der Waals surface area contributed by atoms with Crippen LogP contribution in [0.4, 0.5) is 22.7 Å². The zero-order chi connectivity index (χ0) is 25.9. The number of benzene rings is 3. The number of aryl methyl sites for hydroxylation is 1. The number of hydrogen-bond acceptors (Lipinski definition) is 13. The van der Waals surface area contributed by atoms with Crippen LogP contribution in [0, 0.1) is 6.92 Å². The van der Waals surface area contributed by atoms with Crippen molar-refractivity contribution >= 4 is 62.4 Å². The Hall–Kier alpha value is -3.47. The molecule has 3 aromatic carbocycles. The van der Waals surface area contributed by atoms with Crippen molar-refractivity contribution in [1.82, 2.24) is 0 Å². The van der Waals surface area contributed by atoms with Crippen molar-refractivity contribution in [2.24, 2.45) is 15.2 Å². The highest BCUT2D eigenvalue weighted by Crippen LogP contribution is 2.49. The number of nitrogens with two attached hydrogens (primary N) is 1. The van der Waals surface area contributed by atoms with E-state index in [1.54, 1.807) is 12.1 Å². The Labute approximate surface area is 203 Å². The third kappa shape index (κ3) is 5.14. The molecule has 0 aromatic heterocycles. The minimum absolute atomic E-state index is 0.0332. The molecule has 0 bridgehead atoms. The van der Waals surface area contributed by atoms with E-state index in [0.29, 0.717) is 23.5 Å². The van der Waals surface area contributed by atoms with Crippen molar-refractivity contribution in [3.8, 4) is 17.2 Å². The molecule has 0 aliphatic carbocycles. The Bertz CT molecular complexity index is 1440. The molecule has 5 N–H and O–H groups in total. The summed E-state index contributed by atoms with van der Waals surface area (Å²) in [5.41, 5.74) is 6.29. The molecule has 0 spiro atoms. The number of ether oxygens (including phenoxy) is 2. The number of phenolic OH excluding ortho intramolecular Hbond substituents is 1. The summed E-state index contributed by atoms with van der Waals surface area (Å²) in [6, 6.07) is 5.60. The zero-order valence-corrected chi connectivity index (χ0v) is 20.2. The van der Waals surface area contributed by atoms with Gasteiger partial charge in [0.15, 0.2) is 5.75 Å². The van der Waals surface area contributed by atoms with Crippen LogP contribution in [0.25, 0.3) is 10.8 Å². The van der Waals surface area contributed by atoms with Crippen LogP contribution < -0.4 is 15.2 Å². The van der Waals surface area contributed by atoms with Gasteiger partial charge in [0.2, 0.25) is 0 Å². The molecule has 35 heavy (non-hydrogen) atoms. The van der Waals surface area contributed by atoms with Crippen LogP contribution >= 0.6 is 12.0 Å². The second-order valence-corrected chi connectivity index (χ2v) is 8.99. The minimum Gasteiger partial charge on any atom is -0.505 e. The first-order valence-electron chi connectivity index (χ1n) is 9.42. The van der Waals surface area contributed by atoms with Gasteiger partial charge in [-0.25, -0.2) is 5.26 Å². The second-order valence-electron chi connectivity index (χ2n) is 6.86. The summed E-state index contributed by atoms with van der Waals surface area (Å²) < 4.78 is 48.3. The van der Waals surface area contributed by atoms with Crippen molar-refractivity contribution < 1.29 is 42.2 Å². The number of anilines is 1. The molecule has 0 heterocycles. The van der Waals surface area contributed by atoms with Gasteiger partial charge in [-0.1, -0.05) is 5.04 Å². The smallest absolute Gasteiger partial charge is 0.296 e. The minimum atomic E-state index is -4.74. The summed E-state index contributed by atoms with van der Waals surface area (Å²) in [4.78, 5) is 2.99. The fourth-order valence-electron chi connectivity index (χ4n) is 3.30. The number of phenols is 1. The monoisotopic (exact) mass is 524 g/mol. The molecule has 0 unspecified atom stereocenters. The van der Waals surface area contributed by atoms with Gasteiger partial charge in [0.25, 0.3) is 10.1 Å². The molecule has 0 saturated carbocycles. The Morgan fingerprint density at radius 3 is 2.31 bits per heavy atom. The molecule has 3 rings (SSSR count). The van der Waals surface area contributed by atoms with Gasteiger partial charge in [0, 0.05) is 6.07 Å². The highest BCUT2D eigenvalue weighted by Gasteiger charge is 2.24. The number of hydrogen-bond donors (Lipinski definition) is 4. The lowest BCUT2D eigenvalue weighted by Crippen LogP contribution is -2.02. The van der Waals surface area contributed by atoms with Gasteiger partial charge < -0.3 is 20.3 Å². The summed E-state index contributed by atoms with van der Waals surface area (Å²) >= 11 is 0.430. The first kappa shape index (κ1) is 26.1. The quantitative estimate of drug-likeness (QED) is 0.0566. The molecule has 0 amide bonds. The average molecular weight is 525 g/mol. The first-order valence-corrected chi connectivity index (χ1v) is 11.6. The molecular weight excluding hydrogens is 504 g/mol. The number of azo groups is 1. The molecule has 0 radical (unpaired) electrons. The van der Waals surface area contributed by atoms with E-state index in [1.165, 1.54) is 20.3 Å². The van der Waals surface area contributed by atoms with E-state index in [4.69, 9.17) is 20.5 Å². The van der Waals surface area contributed by atoms with Gasteiger partial charge in [-0.05, 0) is 42.8 Å². The van der Waals surface area contributed by atoms with Crippen LogP contribution in [0.2, 0.25) is 0 Å². The van der Waals surface area contributed by atoms with E-state index in [2.05, 4.69) is 31.3 Å². The largest absolute Gasteiger partial charge is 0.505 e. The van der Waals surface area contributed by atoms with Crippen molar-refractivity contribution in [2.45, 2.75) is 16.7 Å². The lowest BCUT2D eigenvalue weighted by atomic mass is 10.0. The predicted octanol–water partition coefficient (Wildman–Crippen LogP) is 4.88. The highest BCUT2D eigenvalue weighted by atomic mass is 32.2. The Kier molecular flexibility index (Phi) is 7.79. The Morgan fingerprint density at radius 1 is 1.06 bits per heavy atom. The average Bonchev–Trinajstić information content (AvgIpc) is 2.81. The number of rotatable bonds is 9. The molecule has 0 fully saturated rings. The lowest BCUT2D eigenvalue weighted by molar-refractivity contribution is -0.432. The zero-order valence-electron chi connectivity index (χ0n) is 18.5. The Morgan fingerprint density at radius 2 is 1.74 bits per heavy atom. The molecule has 0 aliphatic rings. The summed E-state index contributed by atoms with van der Waals surface area (Å²) in [6.45, 7) is 5.09. The molecule has 13 nitrogen and oxygen atoms in total. The molecule has 3 aromatic rings. The standard InChI is InChI=1S/C20H20N4O9S2/c1-9-5-13(31-4)11(8-12(9)30-3)23-24-18-14(34-33-32-26)6-10-7-15(35(27,28)29)19(22-2)17(21)16(10)20(18)25/h5-8,25-26H,2,21H2,1,3-4H3,(H,27,28,29). The molecule has 0 saturated heterocycles. The fraction of sp³-hybridized carbons (Fsp3) is 0.150. The summed E-state index contributed by atoms with van der Waals surface area (Å²) in [5.74, 6) is 0.349. The van der Waals surface area contributed by atoms with Crippen molar-refractivity contribution in [1.29, 1.82) is 0 Å². The van der Waals surface area contributed by atoms with E-state index in [-0.39, 0.29) is 38.4 Å². The van der Waals surface area contributed by atoms with Gasteiger partial charge in [-0.3, -0.25) is 9.55 Å². The summed E-state index contributed by atoms with van der Waals surface area (Å²) in [6.07, 6.45) is 0. The second kappa shape index (κ2) is 10.4. The fourth-order valence-corrected chi connectivity index (χ4v) is 4.49. The number of methoxy groups -OCH3 is 2. The van der Waals surface area contributed by atoms with Gasteiger partial charge in [-0.15, -0.1) is 14.6 Å². The number of nitrogens with zero attached hydrogens (tertiary/aromatic N) is 3. The molecule has 15 heteroatoms. The third-order valence-electron chi connectivity index (χ3n) is 4.86. The van der Waals surface area contributed by atoms with Gasteiger partial charge in [0.1, 0.15) is 33.5 Å². The normalized spacial score (nSPS) is 11.8. The predicted molar refractivity (Wildman–Crippen MR) is 128 cm³/mol. The number of aromatic hydroxyl groups is 1. The van der Waals surface area contributed by atoms with Crippen molar-refractivity contribution in [3.05, 3.63) is 29.8 Å². The van der Waals surface area contributed by atoms with E-state index in [0.717, 1.165) is 11.6 Å². The van der Waals surface area contributed by atoms with Gasteiger partial charge >= 0.3 is 0 Å². The van der Waals surface area contributed by atoms with Crippen LogP contribution in [0.1, 0.15) is 5.56 Å². The maximum Gasteiger partial charge on any atom is 0.296 e. The van der Waals surface area contributed by atoms with E-state index < -0.39 is 20.8 Å². The number of fused-ring (bicyclic) bond motifs is 1. The molecular formula is C20H20N4O9S2. The first-order chi connectivity index (χ1) is 16.6. The van der Waals surface area contributed by atoms with Crippen molar-refractivity contribution in [2.75, 3.05) is 20.0 Å². The van der Waals surface area contributed by atoms with Gasteiger partial charge in [-0.2, -0.15) is 8.42 Å². The number of nitrogen functional groups attached to an aromatic ring is 1. The van der Waals surface area contributed by atoms with E-state index in [1.807, 2.05) is 6.92 Å². The lowest BCUT2D eigenvalue weighted by Gasteiger charge is -2.14. The van der Waals surface area contributed by atoms with E-state index >= 15 is 0 Å². The maximum absolute atomic E-state index is 11.8. The highest BCUT2D eigenvalue weighted by molar-refractivity contribution is 7.94. The topological polar surface area (TPSA) is 195 Å². The van der Waals surface area contributed by atoms with Crippen LogP contribution in [0.3, 0.4) is 0 Å². The molecule has 0 aliphatic heterocycles. The summed E-state index contributed by atoms with van der Waals surface area (Å²) in [7, 11) is -1.81. The van der Waals surface area contributed by atoms with Crippen LogP contribution in [0.15, 0.2) is 49.3 Å². The molecule has 0 atom stereocenters. The van der Waals surface area contributed by atoms with Crippen LogP contribution in [-0.4, -0.2) is 44.3 Å². The van der Waals surface area contributed by atoms with E-state index in [9.17, 15) is 18.1 Å². The molecule has 186 valence electrons.